The van der Waals surface area contributed by atoms with Gasteiger partial charge in [-0.15, -0.1) is 0 Å². The summed E-state index contributed by atoms with van der Waals surface area (Å²) >= 11 is 0. The summed E-state index contributed by atoms with van der Waals surface area (Å²) in [4.78, 5) is 10.8. The Kier molecular flexibility index (Phi) is 6.29. The first-order valence-corrected chi connectivity index (χ1v) is 6.93. The van der Waals surface area contributed by atoms with Crippen molar-refractivity contribution in [2.24, 2.45) is 5.92 Å². The van der Waals surface area contributed by atoms with Crippen molar-refractivity contribution in [3.63, 3.8) is 0 Å². The predicted molar refractivity (Wildman–Crippen MR) is 71.7 cm³/mol. The van der Waals surface area contributed by atoms with Gasteiger partial charge in [-0.05, 0) is 37.5 Å². The van der Waals surface area contributed by atoms with Crippen LogP contribution in [0.2, 0.25) is 0 Å². The van der Waals surface area contributed by atoms with Crippen molar-refractivity contribution in [1.82, 2.24) is 5.32 Å². The lowest BCUT2D eigenvalue weighted by Crippen LogP contribution is -2.28. The molecule has 0 aliphatic carbocycles. The monoisotopic (exact) mass is 235 g/mol. The summed E-state index contributed by atoms with van der Waals surface area (Å²) < 4.78 is 0. The average Bonchev–Trinajstić information content (AvgIpc) is 2.76. The van der Waals surface area contributed by atoms with Gasteiger partial charge in [0.2, 0.25) is 5.78 Å². The van der Waals surface area contributed by atoms with Crippen molar-refractivity contribution in [3.8, 4) is 11.8 Å². The van der Waals surface area contributed by atoms with E-state index in [0.29, 0.717) is 6.04 Å². The number of carbonyl (C=O) groups is 1. The van der Waals surface area contributed by atoms with Gasteiger partial charge >= 0.3 is 0 Å². The summed E-state index contributed by atoms with van der Waals surface area (Å²) in [5.41, 5.74) is 0. The number of Topliss-reactive ketones (excluding diaryl/α,β-unsaturated/α-hetero) is 1. The maximum Gasteiger partial charge on any atom is 0.202 e. The zero-order valence-corrected chi connectivity index (χ0v) is 11.4. The van der Waals surface area contributed by atoms with Crippen LogP contribution in [-0.4, -0.2) is 17.9 Å². The lowest BCUT2D eigenvalue weighted by atomic mass is 9.95. The number of rotatable bonds is 5. The summed E-state index contributed by atoms with van der Waals surface area (Å²) in [6, 6.07) is 0.854. The lowest BCUT2D eigenvalue weighted by Gasteiger charge is -2.16. The van der Waals surface area contributed by atoms with Crippen molar-refractivity contribution in [2.75, 3.05) is 0 Å². The Bertz CT molecular complexity index is 296. The molecular formula is C15H25NO. The highest BCUT2D eigenvalue weighted by Gasteiger charge is 2.22. The normalized spacial score (nSPS) is 23.5. The fourth-order valence-electron chi connectivity index (χ4n) is 2.48. The van der Waals surface area contributed by atoms with E-state index in [1.165, 1.54) is 39.0 Å². The molecule has 0 aromatic rings. The van der Waals surface area contributed by atoms with Crippen molar-refractivity contribution in [3.05, 3.63) is 0 Å². The van der Waals surface area contributed by atoms with Crippen LogP contribution >= 0.6 is 0 Å². The van der Waals surface area contributed by atoms with Crippen LogP contribution in [0.25, 0.3) is 0 Å². The van der Waals surface area contributed by atoms with E-state index in [0.717, 1.165) is 12.3 Å². The van der Waals surface area contributed by atoms with Gasteiger partial charge in [0.15, 0.2) is 0 Å². The largest absolute Gasteiger partial charge is 0.301 e. The lowest BCUT2D eigenvalue weighted by molar-refractivity contribution is -0.111. The number of ketones is 1. The van der Waals surface area contributed by atoms with Gasteiger partial charge in [-0.3, -0.25) is 4.79 Å². The zero-order chi connectivity index (χ0) is 12.7. The van der Waals surface area contributed by atoms with Crippen LogP contribution in [0.15, 0.2) is 0 Å². The number of hydrogen-bond acceptors (Lipinski definition) is 2. The molecule has 0 spiro atoms. The van der Waals surface area contributed by atoms with Gasteiger partial charge in [0.05, 0.1) is 6.04 Å². The molecule has 0 saturated carbocycles. The molecule has 1 aliphatic rings. The highest BCUT2D eigenvalue weighted by molar-refractivity contribution is 5.93. The molecule has 1 saturated heterocycles. The van der Waals surface area contributed by atoms with E-state index in [9.17, 15) is 4.79 Å². The van der Waals surface area contributed by atoms with Crippen LogP contribution in [-0.2, 0) is 4.79 Å². The van der Waals surface area contributed by atoms with E-state index in [1.807, 2.05) is 0 Å². The molecule has 0 bridgehead atoms. The first-order valence-electron chi connectivity index (χ1n) is 6.93. The van der Waals surface area contributed by atoms with Gasteiger partial charge in [0.1, 0.15) is 0 Å². The molecule has 1 rings (SSSR count). The van der Waals surface area contributed by atoms with Gasteiger partial charge in [0, 0.05) is 13.0 Å². The smallest absolute Gasteiger partial charge is 0.202 e. The molecule has 1 aliphatic heterocycles. The third kappa shape index (κ3) is 5.37. The molecule has 1 heterocycles. The van der Waals surface area contributed by atoms with Crippen LogP contribution in [0.3, 0.4) is 0 Å². The fraction of sp³-hybridized carbons (Fsp3) is 0.800. The fourth-order valence-corrected chi connectivity index (χ4v) is 2.48. The van der Waals surface area contributed by atoms with Gasteiger partial charge in [0.25, 0.3) is 0 Å². The first kappa shape index (κ1) is 14.3. The van der Waals surface area contributed by atoms with E-state index in [4.69, 9.17) is 0 Å². The Labute approximate surface area is 106 Å². The Balaban J connectivity index is 2.27. The maximum absolute atomic E-state index is 10.8. The number of carbonyl (C=O) groups excluding carboxylic acids is 1. The third-order valence-corrected chi connectivity index (χ3v) is 3.74. The van der Waals surface area contributed by atoms with Crippen LogP contribution < -0.4 is 5.32 Å². The molecule has 2 nitrogen and oxygen atoms in total. The molecular weight excluding hydrogens is 210 g/mol. The van der Waals surface area contributed by atoms with E-state index >= 15 is 0 Å². The molecule has 1 unspecified atom stereocenters. The Hall–Kier alpha value is -0.810. The van der Waals surface area contributed by atoms with E-state index < -0.39 is 0 Å². The molecule has 0 aromatic heterocycles. The summed E-state index contributed by atoms with van der Waals surface area (Å²) in [5, 5.41) is 3.52. The number of nitrogens with one attached hydrogen (secondary N) is 1. The third-order valence-electron chi connectivity index (χ3n) is 3.74. The van der Waals surface area contributed by atoms with E-state index in [-0.39, 0.29) is 11.8 Å². The molecule has 2 atom stereocenters. The summed E-state index contributed by atoms with van der Waals surface area (Å²) in [6.07, 6.45) is 7.45. The van der Waals surface area contributed by atoms with Crippen LogP contribution in [0, 0.1) is 17.8 Å². The summed E-state index contributed by atoms with van der Waals surface area (Å²) in [7, 11) is 0. The molecule has 0 amide bonds. The van der Waals surface area contributed by atoms with Crippen molar-refractivity contribution < 1.29 is 4.79 Å². The molecule has 1 N–H and O–H groups in total. The van der Waals surface area contributed by atoms with Crippen LogP contribution in [0.5, 0.6) is 0 Å². The van der Waals surface area contributed by atoms with Crippen LogP contribution in [0.4, 0.5) is 0 Å². The highest BCUT2D eigenvalue weighted by atomic mass is 16.1. The van der Waals surface area contributed by atoms with Gasteiger partial charge in [-0.1, -0.05) is 32.6 Å². The molecule has 0 aromatic carbocycles. The van der Waals surface area contributed by atoms with Gasteiger partial charge < -0.3 is 5.32 Å². The zero-order valence-electron chi connectivity index (χ0n) is 11.4. The minimum absolute atomic E-state index is 0.0349. The van der Waals surface area contributed by atoms with Crippen LogP contribution in [0.1, 0.15) is 59.3 Å². The van der Waals surface area contributed by atoms with Gasteiger partial charge in [-0.25, -0.2) is 0 Å². The second-order valence-electron chi connectivity index (χ2n) is 5.08. The van der Waals surface area contributed by atoms with Crippen molar-refractivity contribution >= 4 is 5.78 Å². The SMILES string of the molecule is CCC(CC)CCC1CC[C@H](C#CC(C)=O)N1. The predicted octanol–water partition coefficient (Wildman–Crippen LogP) is 2.92. The minimum atomic E-state index is -0.0349. The summed E-state index contributed by atoms with van der Waals surface area (Å²) in [5.74, 6) is 6.50. The highest BCUT2D eigenvalue weighted by Crippen LogP contribution is 2.21. The average molecular weight is 235 g/mol. The first-order chi connectivity index (χ1) is 8.15. The second-order valence-corrected chi connectivity index (χ2v) is 5.08. The standard InChI is InChI=1S/C15H25NO/c1-4-13(5-2)7-9-15-11-10-14(16-15)8-6-12(3)17/h13-16H,4-5,7,9-11H2,1-3H3/t14-,15?/m0/s1. The topological polar surface area (TPSA) is 29.1 Å². The molecule has 96 valence electrons. The van der Waals surface area contributed by atoms with E-state index in [1.54, 1.807) is 0 Å². The molecule has 0 radical (unpaired) electrons. The van der Waals surface area contributed by atoms with E-state index in [2.05, 4.69) is 31.0 Å². The Morgan fingerprint density at radius 2 is 2.06 bits per heavy atom. The number of hydrogen-bond donors (Lipinski definition) is 1. The molecule has 2 heteroatoms. The van der Waals surface area contributed by atoms with Crippen molar-refractivity contribution in [2.45, 2.75) is 71.4 Å². The summed E-state index contributed by atoms with van der Waals surface area (Å²) in [6.45, 7) is 6.07. The maximum atomic E-state index is 10.8. The Morgan fingerprint density at radius 3 is 2.65 bits per heavy atom. The molecule has 1 fully saturated rings. The van der Waals surface area contributed by atoms with Gasteiger partial charge in [-0.2, -0.15) is 0 Å². The Morgan fingerprint density at radius 1 is 1.35 bits per heavy atom. The second kappa shape index (κ2) is 7.50. The molecule has 17 heavy (non-hydrogen) atoms. The minimum Gasteiger partial charge on any atom is -0.301 e. The quantitative estimate of drug-likeness (QED) is 0.586. The van der Waals surface area contributed by atoms with Crippen molar-refractivity contribution in [1.29, 1.82) is 0 Å².